The lowest BCUT2D eigenvalue weighted by Gasteiger charge is -2.36. The Labute approximate surface area is 199 Å². The van der Waals surface area contributed by atoms with Crippen molar-refractivity contribution in [3.8, 4) is 0 Å². The molecule has 1 aromatic rings. The minimum absolute atomic E-state index is 0.0223. The lowest BCUT2D eigenvalue weighted by molar-refractivity contribution is -0.348. The molecule has 0 radical (unpaired) electrons. The predicted octanol–water partition coefficient (Wildman–Crippen LogP) is 6.39. The summed E-state index contributed by atoms with van der Waals surface area (Å²) in [6.45, 7) is 2.40. The molecule has 1 heterocycles. The third kappa shape index (κ3) is 4.35. The normalized spacial score (nSPS) is 27.9. The van der Waals surface area contributed by atoms with Crippen LogP contribution < -0.4 is 0 Å². The second-order valence-electron chi connectivity index (χ2n) is 9.98. The number of carbonyl (C=O) groups is 2. The highest BCUT2D eigenvalue weighted by Gasteiger charge is 2.73. The van der Waals surface area contributed by atoms with Crippen molar-refractivity contribution in [3.63, 3.8) is 0 Å². The van der Waals surface area contributed by atoms with Crippen LogP contribution >= 0.6 is 0 Å². The average Bonchev–Trinajstić information content (AvgIpc) is 3.13. The van der Waals surface area contributed by atoms with E-state index in [-0.39, 0.29) is 47.5 Å². The van der Waals surface area contributed by atoms with E-state index in [1.807, 2.05) is 6.92 Å². The Hall–Kier alpha value is -2.13. The summed E-state index contributed by atoms with van der Waals surface area (Å²) in [6, 6.07) is 2.23. The van der Waals surface area contributed by atoms with E-state index >= 15 is 0 Å². The van der Waals surface area contributed by atoms with Crippen LogP contribution in [-0.4, -0.2) is 41.5 Å². The van der Waals surface area contributed by atoms with Gasteiger partial charge in [-0.25, -0.2) is 4.39 Å². The summed E-state index contributed by atoms with van der Waals surface area (Å²) in [5, 5.41) is 0. The number of ketones is 1. The third-order valence-electron chi connectivity index (χ3n) is 8.16. The largest absolute Gasteiger partial charge is 0.435 e. The van der Waals surface area contributed by atoms with E-state index in [2.05, 4.69) is 0 Å². The molecule has 194 valence electrons. The van der Waals surface area contributed by atoms with Crippen LogP contribution in [0.4, 0.5) is 30.7 Å². The van der Waals surface area contributed by atoms with Gasteiger partial charge >= 0.3 is 18.0 Å². The molecule has 0 spiro atoms. The first-order valence-corrected chi connectivity index (χ1v) is 12.1. The van der Waals surface area contributed by atoms with Gasteiger partial charge in [0, 0.05) is 42.3 Å². The number of carbonyl (C=O) groups excluding carboxylic acids is 2. The quantitative estimate of drug-likeness (QED) is 0.351. The molecule has 1 saturated heterocycles. The van der Waals surface area contributed by atoms with Gasteiger partial charge in [0.2, 0.25) is 5.91 Å². The van der Waals surface area contributed by atoms with Crippen molar-refractivity contribution in [2.75, 3.05) is 6.54 Å². The zero-order valence-electron chi connectivity index (χ0n) is 19.3. The van der Waals surface area contributed by atoms with Crippen molar-refractivity contribution >= 4 is 11.7 Å². The molecule has 1 aromatic carbocycles. The second-order valence-corrected chi connectivity index (χ2v) is 9.98. The summed E-state index contributed by atoms with van der Waals surface area (Å²) in [5.74, 6) is -0.349. The summed E-state index contributed by atoms with van der Waals surface area (Å²) < 4.78 is 93.7. The topological polar surface area (TPSA) is 37.4 Å². The number of hydrogen-bond acceptors (Lipinski definition) is 2. The van der Waals surface area contributed by atoms with Gasteiger partial charge in [0.1, 0.15) is 5.78 Å². The molecule has 4 rings (SSSR count). The molecule has 1 amide bonds. The number of nitrogens with zero attached hydrogens (tertiary/aromatic N) is 1. The Morgan fingerprint density at radius 3 is 2.26 bits per heavy atom. The number of Topliss-reactive ketones (excluding diaryl/α,β-unsaturated/α-hetero) is 1. The van der Waals surface area contributed by atoms with Gasteiger partial charge in [-0.15, -0.1) is 0 Å². The Kier molecular flexibility index (Phi) is 6.72. The average molecular weight is 507 g/mol. The molecule has 4 atom stereocenters. The number of fused-ring (bicyclic) bond motifs is 3. The maximum absolute atomic E-state index is 14.5. The van der Waals surface area contributed by atoms with Crippen molar-refractivity contribution in [1.29, 1.82) is 0 Å². The van der Waals surface area contributed by atoms with Gasteiger partial charge in [-0.3, -0.25) is 9.59 Å². The molecule has 35 heavy (non-hydrogen) atoms. The molecule has 1 aliphatic heterocycles. The lowest BCUT2D eigenvalue weighted by Crippen LogP contribution is -2.50. The predicted molar refractivity (Wildman–Crippen MR) is 113 cm³/mol. The molecule has 2 fully saturated rings. The fourth-order valence-electron chi connectivity index (χ4n) is 6.18. The number of halogens is 7. The number of aryl methyl sites for hydroxylation is 1. The minimum atomic E-state index is -6.15. The summed E-state index contributed by atoms with van der Waals surface area (Å²) in [7, 11) is 0. The van der Waals surface area contributed by atoms with Gasteiger partial charge in [0.05, 0.1) is 0 Å². The zero-order valence-corrected chi connectivity index (χ0v) is 19.3. The molecule has 0 bridgehead atoms. The van der Waals surface area contributed by atoms with E-state index in [0.29, 0.717) is 62.8 Å². The highest BCUT2D eigenvalue weighted by atomic mass is 19.4. The SMILES string of the molecule is CCC1CC[C@H](C(=O)N2CC[C@H]3c4ccc(C(F)(C(F)(F)F)C(F)(F)F)cc4CC[C@H]32)CCC1=O. The molecule has 1 saturated carbocycles. The molecule has 3 aliphatic rings. The van der Waals surface area contributed by atoms with E-state index in [4.69, 9.17) is 0 Å². The highest BCUT2D eigenvalue weighted by molar-refractivity contribution is 5.84. The first-order valence-electron chi connectivity index (χ1n) is 12.1. The molecular formula is C25H28F7NO2. The third-order valence-corrected chi connectivity index (χ3v) is 8.16. The fraction of sp³-hybridized carbons (Fsp3) is 0.680. The first kappa shape index (κ1) is 25.9. The van der Waals surface area contributed by atoms with E-state index in [1.165, 1.54) is 0 Å². The Balaban J connectivity index is 1.55. The Morgan fingerprint density at radius 1 is 0.943 bits per heavy atom. The van der Waals surface area contributed by atoms with Gasteiger partial charge < -0.3 is 4.90 Å². The summed E-state index contributed by atoms with van der Waals surface area (Å²) in [4.78, 5) is 27.4. The van der Waals surface area contributed by atoms with E-state index in [9.17, 15) is 40.3 Å². The van der Waals surface area contributed by atoms with Gasteiger partial charge in [0.15, 0.2) is 0 Å². The standard InChI is InChI=1S/C25H28F7NO2/c1-2-14-3-4-15(6-10-21(14)34)22(35)33-12-11-19-18-8-7-17(13-16(18)5-9-20(19)33)23(26,24(27,28)29)25(30,31)32/h7-8,13-15,19-20H,2-6,9-12H2,1H3/t14?,15-,19-,20+/m0/s1. The smallest absolute Gasteiger partial charge is 0.339 e. The van der Waals surface area contributed by atoms with E-state index in [1.54, 1.807) is 4.90 Å². The summed E-state index contributed by atoms with van der Waals surface area (Å²) >= 11 is 0. The molecule has 10 heteroatoms. The van der Waals surface area contributed by atoms with Crippen molar-refractivity contribution in [3.05, 3.63) is 34.9 Å². The van der Waals surface area contributed by atoms with Crippen molar-refractivity contribution in [2.45, 2.75) is 88.3 Å². The number of benzene rings is 1. The highest BCUT2D eigenvalue weighted by Crippen LogP contribution is 2.54. The van der Waals surface area contributed by atoms with Crippen LogP contribution in [0.2, 0.25) is 0 Å². The van der Waals surface area contributed by atoms with Gasteiger partial charge in [-0.05, 0) is 56.1 Å². The van der Waals surface area contributed by atoms with Crippen LogP contribution in [0.15, 0.2) is 18.2 Å². The number of rotatable bonds is 3. The maximum Gasteiger partial charge on any atom is 0.435 e. The van der Waals surface area contributed by atoms with Gasteiger partial charge in [0.25, 0.3) is 0 Å². The molecule has 3 nitrogen and oxygen atoms in total. The van der Waals surface area contributed by atoms with Crippen molar-refractivity contribution < 1.29 is 40.3 Å². The van der Waals surface area contributed by atoms with Crippen LogP contribution in [0.1, 0.15) is 74.5 Å². The molecule has 0 aromatic heterocycles. The zero-order chi connectivity index (χ0) is 25.8. The fourth-order valence-corrected chi connectivity index (χ4v) is 6.18. The minimum Gasteiger partial charge on any atom is -0.339 e. The monoisotopic (exact) mass is 507 g/mol. The molecule has 0 N–H and O–H groups in total. The maximum atomic E-state index is 14.5. The molecule has 1 unspecified atom stereocenters. The molecular weight excluding hydrogens is 479 g/mol. The number of amides is 1. The molecule has 2 aliphatic carbocycles. The van der Waals surface area contributed by atoms with Crippen LogP contribution in [-0.2, 0) is 21.7 Å². The first-order chi connectivity index (χ1) is 16.3. The van der Waals surface area contributed by atoms with Crippen LogP contribution in [0.5, 0.6) is 0 Å². The van der Waals surface area contributed by atoms with Crippen molar-refractivity contribution in [2.24, 2.45) is 11.8 Å². The van der Waals surface area contributed by atoms with Crippen LogP contribution in [0.3, 0.4) is 0 Å². The van der Waals surface area contributed by atoms with Gasteiger partial charge in [-0.2, -0.15) is 26.3 Å². The number of hydrogen-bond donors (Lipinski definition) is 0. The van der Waals surface area contributed by atoms with Crippen LogP contribution in [0.25, 0.3) is 0 Å². The second kappa shape index (κ2) is 9.07. The Bertz CT molecular complexity index is 973. The Morgan fingerprint density at radius 2 is 1.63 bits per heavy atom. The van der Waals surface area contributed by atoms with Crippen molar-refractivity contribution in [1.82, 2.24) is 4.90 Å². The van der Waals surface area contributed by atoms with Gasteiger partial charge in [-0.1, -0.05) is 25.1 Å². The number of likely N-dealkylation sites (tertiary alicyclic amines) is 1. The number of alkyl halides is 7. The summed E-state index contributed by atoms with van der Waals surface area (Å²) in [6.07, 6.45) is -8.32. The van der Waals surface area contributed by atoms with E-state index in [0.717, 1.165) is 12.5 Å². The van der Waals surface area contributed by atoms with E-state index < -0.39 is 23.6 Å². The summed E-state index contributed by atoms with van der Waals surface area (Å²) in [5.41, 5.74) is -6.07. The lowest BCUT2D eigenvalue weighted by atomic mass is 9.77. The van der Waals surface area contributed by atoms with Crippen LogP contribution in [0, 0.1) is 11.8 Å².